The molecular weight excluding hydrogens is 276 g/mol. The molecular formula is C17H28N4O. The van der Waals surface area contributed by atoms with Gasteiger partial charge in [0, 0.05) is 19.5 Å². The Hall–Kier alpha value is -2.04. The van der Waals surface area contributed by atoms with Gasteiger partial charge in [0.2, 0.25) is 5.91 Å². The molecule has 0 unspecified atom stereocenters. The lowest BCUT2D eigenvalue weighted by molar-refractivity contribution is -0.121. The predicted octanol–water partition coefficient (Wildman–Crippen LogP) is 1.96. The Morgan fingerprint density at radius 2 is 1.77 bits per heavy atom. The van der Waals surface area contributed by atoms with Crippen molar-refractivity contribution in [3.63, 3.8) is 0 Å². The van der Waals surface area contributed by atoms with Gasteiger partial charge < -0.3 is 16.8 Å². The number of nitrogens with one attached hydrogen (secondary N) is 1. The molecule has 0 spiro atoms. The van der Waals surface area contributed by atoms with Gasteiger partial charge in [0.05, 0.1) is 0 Å². The molecule has 5 N–H and O–H groups in total. The molecule has 0 aliphatic rings. The molecule has 0 aliphatic carbocycles. The molecule has 122 valence electrons. The average molecular weight is 304 g/mol. The molecule has 1 aromatic rings. The van der Waals surface area contributed by atoms with Crippen molar-refractivity contribution in [1.29, 1.82) is 0 Å². The van der Waals surface area contributed by atoms with E-state index in [9.17, 15) is 4.79 Å². The highest BCUT2D eigenvalue weighted by molar-refractivity contribution is 5.76. The van der Waals surface area contributed by atoms with Crippen LogP contribution in [-0.4, -0.2) is 25.0 Å². The number of carbonyl (C=O) groups is 1. The third kappa shape index (κ3) is 9.80. The normalized spacial score (nSPS) is 10.2. The van der Waals surface area contributed by atoms with Crippen LogP contribution in [0.5, 0.6) is 0 Å². The van der Waals surface area contributed by atoms with Crippen LogP contribution in [0.1, 0.15) is 44.1 Å². The number of nitrogens with zero attached hydrogens (tertiary/aromatic N) is 1. The maximum Gasteiger partial charge on any atom is 0.219 e. The van der Waals surface area contributed by atoms with E-state index >= 15 is 0 Å². The van der Waals surface area contributed by atoms with Gasteiger partial charge in [-0.25, -0.2) is 0 Å². The molecule has 1 rings (SSSR count). The second kappa shape index (κ2) is 11.6. The van der Waals surface area contributed by atoms with Crippen LogP contribution in [0.3, 0.4) is 0 Å². The molecule has 0 aliphatic heterocycles. The smallest absolute Gasteiger partial charge is 0.219 e. The zero-order chi connectivity index (χ0) is 16.0. The monoisotopic (exact) mass is 304 g/mol. The van der Waals surface area contributed by atoms with Crippen LogP contribution >= 0.6 is 0 Å². The van der Waals surface area contributed by atoms with E-state index in [0.717, 1.165) is 45.1 Å². The van der Waals surface area contributed by atoms with E-state index in [0.29, 0.717) is 13.0 Å². The number of amides is 1. The van der Waals surface area contributed by atoms with Gasteiger partial charge in [-0.2, -0.15) is 0 Å². The van der Waals surface area contributed by atoms with Crippen molar-refractivity contribution in [2.75, 3.05) is 13.1 Å². The number of benzene rings is 1. The highest BCUT2D eigenvalue weighted by atomic mass is 16.1. The first kappa shape index (κ1) is 18.0. The molecule has 22 heavy (non-hydrogen) atoms. The zero-order valence-electron chi connectivity index (χ0n) is 13.3. The maximum atomic E-state index is 11.7. The molecule has 0 saturated carbocycles. The predicted molar refractivity (Wildman–Crippen MR) is 91.5 cm³/mol. The van der Waals surface area contributed by atoms with Gasteiger partial charge in [0.25, 0.3) is 0 Å². The lowest BCUT2D eigenvalue weighted by Gasteiger charge is -2.05. The number of rotatable bonds is 11. The Morgan fingerprint density at radius 1 is 1.00 bits per heavy atom. The summed E-state index contributed by atoms with van der Waals surface area (Å²) in [5, 5.41) is 2.96. The molecule has 5 nitrogen and oxygen atoms in total. The lowest BCUT2D eigenvalue weighted by Crippen LogP contribution is -2.24. The van der Waals surface area contributed by atoms with Crippen molar-refractivity contribution < 1.29 is 4.79 Å². The van der Waals surface area contributed by atoms with Crippen molar-refractivity contribution in [2.24, 2.45) is 16.5 Å². The molecule has 5 heteroatoms. The van der Waals surface area contributed by atoms with E-state index < -0.39 is 0 Å². The van der Waals surface area contributed by atoms with E-state index in [-0.39, 0.29) is 11.9 Å². The number of unbranched alkanes of at least 4 members (excludes halogenated alkanes) is 3. The van der Waals surface area contributed by atoms with Gasteiger partial charge in [0.1, 0.15) is 0 Å². The zero-order valence-corrected chi connectivity index (χ0v) is 13.3. The fourth-order valence-electron chi connectivity index (χ4n) is 2.20. The van der Waals surface area contributed by atoms with Gasteiger partial charge in [-0.1, -0.05) is 30.3 Å². The lowest BCUT2D eigenvalue weighted by atomic mass is 10.1. The number of nitrogens with two attached hydrogens (primary N) is 2. The Labute approximate surface area is 133 Å². The van der Waals surface area contributed by atoms with E-state index in [1.165, 1.54) is 5.56 Å². The Balaban J connectivity index is 1.92. The van der Waals surface area contributed by atoms with Crippen LogP contribution in [0.15, 0.2) is 35.3 Å². The minimum absolute atomic E-state index is 0.142. The first-order valence-electron chi connectivity index (χ1n) is 8.04. The quantitative estimate of drug-likeness (QED) is 0.331. The fraction of sp³-hybridized carbons (Fsp3) is 0.529. The highest BCUT2D eigenvalue weighted by Crippen LogP contribution is 2.06. The number of hydrogen-bond acceptors (Lipinski definition) is 2. The first-order chi connectivity index (χ1) is 10.7. The molecule has 0 atom stereocenters. The summed E-state index contributed by atoms with van der Waals surface area (Å²) in [6, 6.07) is 10.4. The third-order valence-electron chi connectivity index (χ3n) is 3.41. The van der Waals surface area contributed by atoms with E-state index in [4.69, 9.17) is 11.5 Å². The Morgan fingerprint density at radius 3 is 2.50 bits per heavy atom. The SMILES string of the molecule is NC(N)=NCCCCCNC(=O)CCCCc1ccccc1. The number of hydrogen-bond donors (Lipinski definition) is 3. The van der Waals surface area contributed by atoms with Gasteiger partial charge >= 0.3 is 0 Å². The highest BCUT2D eigenvalue weighted by Gasteiger charge is 2.00. The summed E-state index contributed by atoms with van der Waals surface area (Å²) in [7, 11) is 0. The molecule has 0 radical (unpaired) electrons. The number of carbonyl (C=O) groups excluding carboxylic acids is 1. The molecule has 1 amide bonds. The van der Waals surface area contributed by atoms with Gasteiger partial charge in [-0.3, -0.25) is 9.79 Å². The van der Waals surface area contributed by atoms with Gasteiger partial charge in [-0.05, 0) is 44.1 Å². The van der Waals surface area contributed by atoms with Crippen molar-refractivity contribution in [2.45, 2.75) is 44.9 Å². The summed E-state index contributed by atoms with van der Waals surface area (Å²) in [4.78, 5) is 15.6. The van der Waals surface area contributed by atoms with Crippen LogP contribution in [-0.2, 0) is 11.2 Å². The molecule has 1 aromatic carbocycles. The first-order valence-corrected chi connectivity index (χ1v) is 8.04. The Bertz CT molecular complexity index is 441. The summed E-state index contributed by atoms with van der Waals surface area (Å²) in [5.41, 5.74) is 11.8. The summed E-state index contributed by atoms with van der Waals surface area (Å²) in [6.07, 6.45) is 6.58. The van der Waals surface area contributed by atoms with Crippen molar-refractivity contribution in [1.82, 2.24) is 5.32 Å². The van der Waals surface area contributed by atoms with Crippen molar-refractivity contribution in [3.05, 3.63) is 35.9 Å². The standard InChI is InChI=1S/C17H28N4O/c18-17(19)21-14-8-2-7-13-20-16(22)12-6-5-11-15-9-3-1-4-10-15/h1,3-4,9-10H,2,5-8,11-14H2,(H,20,22)(H4,18,19,21). The van der Waals surface area contributed by atoms with Crippen molar-refractivity contribution in [3.8, 4) is 0 Å². The van der Waals surface area contributed by atoms with Crippen LogP contribution in [0.2, 0.25) is 0 Å². The largest absolute Gasteiger partial charge is 0.370 e. The van der Waals surface area contributed by atoms with E-state index in [1.54, 1.807) is 0 Å². The second-order valence-electron chi connectivity index (χ2n) is 5.41. The minimum atomic E-state index is 0.142. The topological polar surface area (TPSA) is 93.5 Å². The average Bonchev–Trinajstić information content (AvgIpc) is 2.51. The summed E-state index contributed by atoms with van der Waals surface area (Å²) in [5.74, 6) is 0.293. The van der Waals surface area contributed by atoms with Crippen LogP contribution in [0, 0.1) is 0 Å². The van der Waals surface area contributed by atoms with Crippen molar-refractivity contribution >= 4 is 11.9 Å². The maximum absolute atomic E-state index is 11.7. The number of guanidine groups is 1. The Kier molecular flexibility index (Phi) is 9.50. The third-order valence-corrected chi connectivity index (χ3v) is 3.41. The number of aryl methyl sites for hydroxylation is 1. The number of aliphatic imine (C=N–C) groups is 1. The van der Waals surface area contributed by atoms with Crippen LogP contribution < -0.4 is 16.8 Å². The fourth-order valence-corrected chi connectivity index (χ4v) is 2.20. The van der Waals surface area contributed by atoms with E-state index in [2.05, 4.69) is 34.6 Å². The second-order valence-corrected chi connectivity index (χ2v) is 5.41. The molecule has 0 bridgehead atoms. The molecule has 0 fully saturated rings. The van der Waals surface area contributed by atoms with Gasteiger partial charge in [-0.15, -0.1) is 0 Å². The molecule has 0 heterocycles. The summed E-state index contributed by atoms with van der Waals surface area (Å²) in [6.45, 7) is 1.40. The van der Waals surface area contributed by atoms with Crippen LogP contribution in [0.4, 0.5) is 0 Å². The molecule has 0 aromatic heterocycles. The van der Waals surface area contributed by atoms with E-state index in [1.807, 2.05) is 6.07 Å². The van der Waals surface area contributed by atoms with Gasteiger partial charge in [0.15, 0.2) is 5.96 Å². The molecule has 0 saturated heterocycles. The summed E-state index contributed by atoms with van der Waals surface area (Å²) >= 11 is 0. The minimum Gasteiger partial charge on any atom is -0.370 e. The van der Waals surface area contributed by atoms with Crippen LogP contribution in [0.25, 0.3) is 0 Å². The summed E-state index contributed by atoms with van der Waals surface area (Å²) < 4.78 is 0.